The van der Waals surface area contributed by atoms with Crippen LogP contribution in [-0.4, -0.2) is 9.55 Å². The lowest BCUT2D eigenvalue weighted by atomic mass is 10.3. The minimum absolute atomic E-state index is 0.0504. The predicted octanol–water partition coefficient (Wildman–Crippen LogP) is 4.28. The molecule has 0 aliphatic rings. The maximum atomic E-state index is 13.6. The Balaban J connectivity index is 2.15. The Morgan fingerprint density at radius 3 is 2.95 bits per heavy atom. The number of hydrogen-bond acceptors (Lipinski definition) is 3. The summed E-state index contributed by atoms with van der Waals surface area (Å²) >= 11 is 10.8. The molecule has 3 rings (SSSR count). The van der Waals surface area contributed by atoms with Gasteiger partial charge in [-0.1, -0.05) is 11.6 Å². The Kier molecular flexibility index (Phi) is 3.24. The molecule has 3 nitrogen and oxygen atoms in total. The average Bonchev–Trinajstić information content (AvgIpc) is 2.88. The largest absolute Gasteiger partial charge is 0.369 e. The van der Waals surface area contributed by atoms with Crippen LogP contribution in [0.4, 0.5) is 10.3 Å². The summed E-state index contributed by atoms with van der Waals surface area (Å²) in [6.45, 7) is 0.543. The number of nitrogens with zero attached hydrogens (tertiary/aromatic N) is 2. The molecule has 0 fully saturated rings. The van der Waals surface area contributed by atoms with Crippen LogP contribution in [-0.2, 0) is 6.54 Å². The quantitative estimate of drug-likeness (QED) is 0.741. The van der Waals surface area contributed by atoms with E-state index >= 15 is 0 Å². The van der Waals surface area contributed by atoms with Crippen LogP contribution in [0.2, 0.25) is 5.02 Å². The van der Waals surface area contributed by atoms with E-state index in [9.17, 15) is 4.39 Å². The number of imidazole rings is 1. The van der Waals surface area contributed by atoms with Gasteiger partial charge in [-0.15, -0.1) is 11.3 Å². The lowest BCUT2D eigenvalue weighted by Gasteiger charge is -2.05. The predicted molar refractivity (Wildman–Crippen MR) is 80.2 cm³/mol. The van der Waals surface area contributed by atoms with Crippen LogP contribution in [0.3, 0.4) is 0 Å². The highest BCUT2D eigenvalue weighted by atomic mass is 79.9. The molecule has 2 aromatic heterocycles. The van der Waals surface area contributed by atoms with Crippen LogP contribution in [0.1, 0.15) is 4.88 Å². The van der Waals surface area contributed by atoms with Crippen molar-refractivity contribution >= 4 is 55.8 Å². The zero-order valence-electron chi connectivity index (χ0n) is 9.53. The number of nitrogens with two attached hydrogens (primary N) is 1. The number of hydrogen-bond donors (Lipinski definition) is 1. The van der Waals surface area contributed by atoms with Crippen molar-refractivity contribution in [3.05, 3.63) is 43.8 Å². The number of aromatic nitrogens is 2. The normalized spacial score (nSPS) is 11.3. The Hall–Kier alpha value is -1.11. The summed E-state index contributed by atoms with van der Waals surface area (Å²) in [6, 6.07) is 4.82. The number of fused-ring (bicyclic) bond motifs is 1. The number of thiophene rings is 1. The lowest BCUT2D eigenvalue weighted by Crippen LogP contribution is -2.03. The molecule has 0 bridgehead atoms. The van der Waals surface area contributed by atoms with Gasteiger partial charge in [0.15, 0.2) is 0 Å². The van der Waals surface area contributed by atoms with Crippen LogP contribution in [0.25, 0.3) is 11.0 Å². The second-order valence-electron chi connectivity index (χ2n) is 4.00. The number of rotatable bonds is 2. The molecular formula is C12H8BrClFN3S. The Morgan fingerprint density at radius 2 is 2.26 bits per heavy atom. The third kappa shape index (κ3) is 2.24. The van der Waals surface area contributed by atoms with Crippen molar-refractivity contribution in [2.24, 2.45) is 0 Å². The van der Waals surface area contributed by atoms with Gasteiger partial charge in [0.2, 0.25) is 5.95 Å². The number of anilines is 1. The summed E-state index contributed by atoms with van der Waals surface area (Å²) in [6.07, 6.45) is 0. The van der Waals surface area contributed by atoms with E-state index < -0.39 is 5.82 Å². The third-order valence-corrected chi connectivity index (χ3v) is 5.01. The fourth-order valence-corrected chi connectivity index (χ4v) is 3.51. The van der Waals surface area contributed by atoms with Crippen molar-refractivity contribution in [3.63, 3.8) is 0 Å². The van der Waals surface area contributed by atoms with Gasteiger partial charge in [-0.2, -0.15) is 0 Å². The number of benzene rings is 1. The molecule has 0 atom stereocenters. The Labute approximate surface area is 125 Å². The topological polar surface area (TPSA) is 43.8 Å². The summed E-state index contributed by atoms with van der Waals surface area (Å²) < 4.78 is 16.4. The molecule has 0 amide bonds. The zero-order chi connectivity index (χ0) is 13.6. The van der Waals surface area contributed by atoms with Crippen molar-refractivity contribution in [2.75, 3.05) is 5.73 Å². The van der Waals surface area contributed by atoms with E-state index in [-0.39, 0.29) is 5.02 Å². The summed E-state index contributed by atoms with van der Waals surface area (Å²) in [7, 11) is 0. The first-order valence-electron chi connectivity index (χ1n) is 5.39. The summed E-state index contributed by atoms with van der Waals surface area (Å²) in [5.74, 6) is -0.127. The SMILES string of the molecule is Nc1nc2cc(Cl)c(F)cc2n1Cc1sccc1Br. The summed E-state index contributed by atoms with van der Waals surface area (Å²) in [5.41, 5.74) is 7.13. The van der Waals surface area contributed by atoms with E-state index in [2.05, 4.69) is 20.9 Å². The van der Waals surface area contributed by atoms with Gasteiger partial charge < -0.3 is 10.3 Å². The second kappa shape index (κ2) is 4.77. The maximum absolute atomic E-state index is 13.6. The molecule has 3 aromatic rings. The van der Waals surface area contributed by atoms with Crippen LogP contribution < -0.4 is 5.73 Å². The monoisotopic (exact) mass is 359 g/mol. The van der Waals surface area contributed by atoms with Gasteiger partial charge in [0.05, 0.1) is 22.6 Å². The molecule has 7 heteroatoms. The van der Waals surface area contributed by atoms with Gasteiger partial charge in [-0.3, -0.25) is 0 Å². The molecule has 0 saturated heterocycles. The first-order valence-corrected chi connectivity index (χ1v) is 7.44. The molecule has 0 unspecified atom stereocenters. The summed E-state index contributed by atoms with van der Waals surface area (Å²) in [5, 5.41) is 2.03. The molecule has 0 spiro atoms. The van der Waals surface area contributed by atoms with Crippen molar-refractivity contribution in [3.8, 4) is 0 Å². The highest BCUT2D eigenvalue weighted by Gasteiger charge is 2.13. The number of nitrogen functional groups attached to an aromatic ring is 1. The minimum atomic E-state index is -0.472. The second-order valence-corrected chi connectivity index (χ2v) is 6.27. The van der Waals surface area contributed by atoms with Gasteiger partial charge >= 0.3 is 0 Å². The van der Waals surface area contributed by atoms with Crippen LogP contribution in [0.5, 0.6) is 0 Å². The van der Waals surface area contributed by atoms with Crippen LogP contribution in [0, 0.1) is 5.82 Å². The van der Waals surface area contributed by atoms with E-state index in [1.165, 1.54) is 12.1 Å². The van der Waals surface area contributed by atoms with Crippen molar-refractivity contribution in [1.29, 1.82) is 0 Å². The molecule has 0 aliphatic carbocycles. The Bertz CT molecular complexity index is 768. The van der Waals surface area contributed by atoms with Gasteiger partial charge in [-0.25, -0.2) is 9.37 Å². The summed E-state index contributed by atoms with van der Waals surface area (Å²) in [4.78, 5) is 5.30. The van der Waals surface area contributed by atoms with Crippen LogP contribution in [0.15, 0.2) is 28.1 Å². The van der Waals surface area contributed by atoms with Crippen molar-refractivity contribution in [1.82, 2.24) is 9.55 Å². The maximum Gasteiger partial charge on any atom is 0.201 e. The Morgan fingerprint density at radius 1 is 1.47 bits per heavy atom. The molecule has 0 radical (unpaired) electrons. The van der Waals surface area contributed by atoms with Gasteiger partial charge in [-0.05, 0) is 33.4 Å². The van der Waals surface area contributed by atoms with E-state index in [1.54, 1.807) is 15.9 Å². The number of halogens is 3. The van der Waals surface area contributed by atoms with E-state index in [0.29, 0.717) is 23.5 Å². The fourth-order valence-electron chi connectivity index (χ4n) is 1.89. The molecule has 19 heavy (non-hydrogen) atoms. The first-order chi connectivity index (χ1) is 9.06. The molecule has 2 heterocycles. The highest BCUT2D eigenvalue weighted by molar-refractivity contribution is 9.10. The fraction of sp³-hybridized carbons (Fsp3) is 0.0833. The van der Waals surface area contributed by atoms with Gasteiger partial charge in [0.25, 0.3) is 0 Å². The van der Waals surface area contributed by atoms with Crippen molar-refractivity contribution < 1.29 is 4.39 Å². The molecule has 1 aromatic carbocycles. The molecular weight excluding hydrogens is 353 g/mol. The minimum Gasteiger partial charge on any atom is -0.369 e. The van der Waals surface area contributed by atoms with E-state index in [4.69, 9.17) is 17.3 Å². The molecule has 2 N–H and O–H groups in total. The van der Waals surface area contributed by atoms with Gasteiger partial charge in [0, 0.05) is 15.4 Å². The smallest absolute Gasteiger partial charge is 0.201 e. The van der Waals surface area contributed by atoms with Gasteiger partial charge in [0.1, 0.15) is 5.82 Å². The zero-order valence-corrected chi connectivity index (χ0v) is 12.7. The van der Waals surface area contributed by atoms with E-state index in [1.807, 2.05) is 11.4 Å². The first kappa shape index (κ1) is 12.9. The van der Waals surface area contributed by atoms with Crippen molar-refractivity contribution in [2.45, 2.75) is 6.54 Å². The van der Waals surface area contributed by atoms with Crippen LogP contribution >= 0.6 is 38.9 Å². The average molecular weight is 361 g/mol. The lowest BCUT2D eigenvalue weighted by molar-refractivity contribution is 0.629. The molecule has 98 valence electrons. The molecule has 0 aliphatic heterocycles. The third-order valence-electron chi connectivity index (χ3n) is 2.81. The highest BCUT2D eigenvalue weighted by Crippen LogP contribution is 2.29. The molecule has 0 saturated carbocycles. The standard InChI is InChI=1S/C12H8BrClFN3S/c13-6-1-2-19-11(6)5-18-10-4-8(15)7(14)3-9(10)17-12(18)16/h1-4H,5H2,(H2,16,17). The van der Waals surface area contributed by atoms with E-state index in [0.717, 1.165) is 9.35 Å².